The summed E-state index contributed by atoms with van der Waals surface area (Å²) in [5.41, 5.74) is 6.35. The number of nitrogens with zero attached hydrogens (tertiary/aromatic N) is 1. The monoisotopic (exact) mass is 245 g/mol. The van der Waals surface area contributed by atoms with Gasteiger partial charge < -0.3 is 16.2 Å². The van der Waals surface area contributed by atoms with Crippen LogP contribution in [0.15, 0.2) is 30.5 Å². The lowest BCUT2D eigenvalue weighted by molar-refractivity contribution is -0.135. The van der Waals surface area contributed by atoms with Crippen LogP contribution < -0.4 is 11.1 Å². The van der Waals surface area contributed by atoms with Crippen molar-refractivity contribution in [2.75, 3.05) is 12.3 Å². The fourth-order valence-electron chi connectivity index (χ4n) is 1.61. The summed E-state index contributed by atoms with van der Waals surface area (Å²) in [6.07, 6.45) is 1.49. The number of anilines is 1. The molecule has 6 nitrogen and oxygen atoms in total. The Labute approximate surface area is 102 Å². The maximum Gasteiger partial charge on any atom is 0.322 e. The summed E-state index contributed by atoms with van der Waals surface area (Å²) in [6, 6.07) is 6.89. The fraction of sp³-hybridized carbons (Fsp3) is 0.0833. The summed E-state index contributed by atoms with van der Waals surface area (Å²) in [7, 11) is 0. The number of aliphatic carboxylic acids is 1. The number of carbonyl (C=O) groups is 2. The quantitative estimate of drug-likeness (QED) is 0.688. The van der Waals surface area contributed by atoms with Crippen molar-refractivity contribution in [3.05, 3.63) is 36.2 Å². The number of pyridine rings is 1. The predicted molar refractivity (Wildman–Crippen MR) is 66.1 cm³/mol. The number of fused-ring (bicyclic) bond motifs is 1. The number of nitrogens with two attached hydrogens (primary N) is 1. The van der Waals surface area contributed by atoms with Gasteiger partial charge in [-0.1, -0.05) is 6.07 Å². The van der Waals surface area contributed by atoms with Crippen molar-refractivity contribution in [3.8, 4) is 0 Å². The first kappa shape index (κ1) is 11.8. The number of hydrogen-bond acceptors (Lipinski definition) is 4. The summed E-state index contributed by atoms with van der Waals surface area (Å²) in [4.78, 5) is 26.2. The summed E-state index contributed by atoms with van der Waals surface area (Å²) < 4.78 is 0. The second-order valence-corrected chi connectivity index (χ2v) is 3.72. The van der Waals surface area contributed by atoms with Crippen LogP contribution in [0.4, 0.5) is 5.69 Å². The van der Waals surface area contributed by atoms with Gasteiger partial charge in [0.15, 0.2) is 0 Å². The van der Waals surface area contributed by atoms with Gasteiger partial charge in [0.2, 0.25) is 0 Å². The molecule has 1 aromatic heterocycles. The van der Waals surface area contributed by atoms with E-state index in [1.54, 1.807) is 24.3 Å². The Kier molecular flexibility index (Phi) is 3.09. The Morgan fingerprint density at radius 1 is 1.33 bits per heavy atom. The van der Waals surface area contributed by atoms with Crippen LogP contribution in [0.2, 0.25) is 0 Å². The molecule has 18 heavy (non-hydrogen) atoms. The molecule has 1 amide bonds. The number of nitrogens with one attached hydrogen (secondary N) is 1. The number of hydrogen-bond donors (Lipinski definition) is 3. The van der Waals surface area contributed by atoms with Crippen molar-refractivity contribution in [3.63, 3.8) is 0 Å². The van der Waals surface area contributed by atoms with Gasteiger partial charge in [0.25, 0.3) is 5.91 Å². The molecule has 0 saturated heterocycles. The first-order valence-corrected chi connectivity index (χ1v) is 5.22. The summed E-state index contributed by atoms with van der Waals surface area (Å²) in [5, 5.41) is 12.2. The Morgan fingerprint density at radius 2 is 2.11 bits per heavy atom. The highest BCUT2D eigenvalue weighted by Gasteiger charge is 2.12. The molecule has 0 radical (unpaired) electrons. The average molecular weight is 245 g/mol. The molecule has 0 aliphatic heterocycles. The molecule has 1 aromatic carbocycles. The van der Waals surface area contributed by atoms with Crippen molar-refractivity contribution in [2.24, 2.45) is 0 Å². The zero-order chi connectivity index (χ0) is 13.1. The van der Waals surface area contributed by atoms with Gasteiger partial charge in [-0.05, 0) is 23.6 Å². The van der Waals surface area contributed by atoms with Gasteiger partial charge in [-0.25, -0.2) is 0 Å². The highest BCUT2D eigenvalue weighted by Crippen LogP contribution is 2.19. The minimum absolute atomic E-state index is 0.168. The molecule has 0 aliphatic rings. The van der Waals surface area contributed by atoms with E-state index in [0.717, 1.165) is 5.39 Å². The number of nitrogen functional groups attached to an aromatic ring is 1. The van der Waals surface area contributed by atoms with Crippen LogP contribution in [0, 0.1) is 0 Å². The number of amides is 1. The van der Waals surface area contributed by atoms with E-state index in [1.165, 1.54) is 6.20 Å². The fourth-order valence-corrected chi connectivity index (χ4v) is 1.61. The Bertz CT molecular complexity index is 625. The van der Waals surface area contributed by atoms with Crippen molar-refractivity contribution >= 4 is 28.3 Å². The molecule has 0 unspecified atom stereocenters. The zero-order valence-corrected chi connectivity index (χ0v) is 9.38. The molecule has 6 heteroatoms. The van der Waals surface area contributed by atoms with Gasteiger partial charge in [0, 0.05) is 17.3 Å². The van der Waals surface area contributed by atoms with Crippen molar-refractivity contribution in [1.29, 1.82) is 0 Å². The first-order chi connectivity index (χ1) is 8.58. The van der Waals surface area contributed by atoms with Crippen LogP contribution in [-0.4, -0.2) is 28.5 Å². The second-order valence-electron chi connectivity index (χ2n) is 3.72. The number of benzene rings is 1. The molecule has 2 rings (SSSR count). The van der Waals surface area contributed by atoms with Crippen LogP contribution in [0.1, 0.15) is 10.5 Å². The smallest absolute Gasteiger partial charge is 0.322 e. The molecule has 92 valence electrons. The Hall–Kier alpha value is -2.63. The van der Waals surface area contributed by atoms with Gasteiger partial charge in [-0.2, -0.15) is 0 Å². The van der Waals surface area contributed by atoms with Crippen LogP contribution in [0.3, 0.4) is 0 Å². The van der Waals surface area contributed by atoms with Crippen LogP contribution in [0.5, 0.6) is 0 Å². The summed E-state index contributed by atoms with van der Waals surface area (Å²) >= 11 is 0. The third-order valence-electron chi connectivity index (χ3n) is 2.41. The molecule has 0 saturated carbocycles. The lowest BCUT2D eigenvalue weighted by Gasteiger charge is -2.06. The van der Waals surface area contributed by atoms with Gasteiger partial charge in [-0.3, -0.25) is 14.6 Å². The molecule has 2 aromatic rings. The summed E-state index contributed by atoms with van der Waals surface area (Å²) in [5.74, 6) is -1.64. The van der Waals surface area contributed by atoms with E-state index >= 15 is 0 Å². The third kappa shape index (κ3) is 2.37. The maximum atomic E-state index is 11.8. The SMILES string of the molecule is Nc1ccc2ccnc(C(=O)NCC(=O)O)c2c1. The van der Waals surface area contributed by atoms with Gasteiger partial charge in [0.1, 0.15) is 12.2 Å². The highest BCUT2D eigenvalue weighted by atomic mass is 16.4. The molecule has 1 heterocycles. The Balaban J connectivity index is 2.40. The number of rotatable bonds is 3. The van der Waals surface area contributed by atoms with E-state index in [9.17, 15) is 9.59 Å². The van der Waals surface area contributed by atoms with Gasteiger partial charge in [0.05, 0.1) is 0 Å². The summed E-state index contributed by atoms with van der Waals surface area (Å²) in [6.45, 7) is -0.445. The molecule has 0 fully saturated rings. The predicted octanol–water partition coefficient (Wildman–Crippen LogP) is 0.631. The molecule has 0 spiro atoms. The van der Waals surface area contributed by atoms with Gasteiger partial charge >= 0.3 is 5.97 Å². The van der Waals surface area contributed by atoms with Crippen LogP contribution >= 0.6 is 0 Å². The third-order valence-corrected chi connectivity index (χ3v) is 2.41. The van der Waals surface area contributed by atoms with Crippen molar-refractivity contribution in [2.45, 2.75) is 0 Å². The van der Waals surface area contributed by atoms with E-state index in [2.05, 4.69) is 10.3 Å². The van der Waals surface area contributed by atoms with E-state index < -0.39 is 18.4 Å². The topological polar surface area (TPSA) is 105 Å². The molecule has 0 aliphatic carbocycles. The van der Waals surface area contributed by atoms with Gasteiger partial charge in [-0.15, -0.1) is 0 Å². The second kappa shape index (κ2) is 4.70. The van der Waals surface area contributed by atoms with E-state index in [-0.39, 0.29) is 5.69 Å². The minimum Gasteiger partial charge on any atom is -0.480 e. The van der Waals surface area contributed by atoms with E-state index in [4.69, 9.17) is 10.8 Å². The van der Waals surface area contributed by atoms with E-state index in [1.807, 2.05) is 0 Å². The number of carbonyl (C=O) groups excluding carboxylic acids is 1. The Morgan fingerprint density at radius 3 is 2.83 bits per heavy atom. The normalized spacial score (nSPS) is 10.2. The average Bonchev–Trinajstić information content (AvgIpc) is 2.35. The lowest BCUT2D eigenvalue weighted by atomic mass is 10.1. The van der Waals surface area contributed by atoms with Crippen LogP contribution in [-0.2, 0) is 4.79 Å². The zero-order valence-electron chi connectivity index (χ0n) is 9.38. The van der Waals surface area contributed by atoms with Crippen molar-refractivity contribution < 1.29 is 14.7 Å². The van der Waals surface area contributed by atoms with Crippen LogP contribution in [0.25, 0.3) is 10.8 Å². The minimum atomic E-state index is -1.11. The first-order valence-electron chi connectivity index (χ1n) is 5.22. The molecule has 0 atom stereocenters. The molecular formula is C12H11N3O3. The highest BCUT2D eigenvalue weighted by molar-refractivity contribution is 6.06. The lowest BCUT2D eigenvalue weighted by Crippen LogP contribution is -2.30. The maximum absolute atomic E-state index is 11.8. The standard InChI is InChI=1S/C12H11N3O3/c13-8-2-1-7-3-4-14-11(9(7)5-8)12(18)15-6-10(16)17/h1-5H,6,13H2,(H,15,18)(H,16,17). The largest absolute Gasteiger partial charge is 0.480 e. The number of carboxylic acids is 1. The molecule has 0 bridgehead atoms. The molecular weight excluding hydrogens is 234 g/mol. The van der Waals surface area contributed by atoms with E-state index in [0.29, 0.717) is 11.1 Å². The number of carboxylic acid groups (broad SMARTS) is 1. The molecule has 4 N–H and O–H groups in total. The number of aromatic nitrogens is 1. The van der Waals surface area contributed by atoms with Crippen molar-refractivity contribution in [1.82, 2.24) is 10.3 Å².